The molecule has 28 heavy (non-hydrogen) atoms. The molecule has 0 saturated carbocycles. The van der Waals surface area contributed by atoms with Crippen LogP contribution in [-0.2, 0) is 13.1 Å². The van der Waals surface area contributed by atoms with Crippen molar-refractivity contribution in [1.82, 2.24) is 15.5 Å². The van der Waals surface area contributed by atoms with E-state index >= 15 is 0 Å². The zero-order chi connectivity index (χ0) is 20.4. The van der Waals surface area contributed by atoms with Crippen molar-refractivity contribution in [2.45, 2.75) is 13.1 Å². The van der Waals surface area contributed by atoms with Crippen molar-refractivity contribution >= 4 is 5.96 Å². The summed E-state index contributed by atoms with van der Waals surface area (Å²) in [6, 6.07) is 12.6. The van der Waals surface area contributed by atoms with Crippen LogP contribution in [0.3, 0.4) is 0 Å². The van der Waals surface area contributed by atoms with E-state index < -0.39 is 0 Å². The number of halogens is 1. The Kier molecular flexibility index (Phi) is 8.55. The summed E-state index contributed by atoms with van der Waals surface area (Å²) in [5, 5.41) is 6.43. The second-order valence-corrected chi connectivity index (χ2v) is 6.54. The first-order valence-electron chi connectivity index (χ1n) is 9.15. The molecule has 2 rings (SSSR count). The van der Waals surface area contributed by atoms with E-state index in [0.29, 0.717) is 37.8 Å². The molecule has 0 saturated heterocycles. The summed E-state index contributed by atoms with van der Waals surface area (Å²) in [5.41, 5.74) is 1.68. The average molecular weight is 388 g/mol. The minimum Gasteiger partial charge on any atom is -0.497 e. The van der Waals surface area contributed by atoms with E-state index in [1.54, 1.807) is 20.2 Å². The zero-order valence-electron chi connectivity index (χ0n) is 17.0. The lowest BCUT2D eigenvalue weighted by molar-refractivity contribution is 0.321. The molecule has 0 radical (unpaired) electrons. The van der Waals surface area contributed by atoms with Gasteiger partial charge >= 0.3 is 0 Å². The molecule has 0 aromatic heterocycles. The number of hydrogen-bond acceptors (Lipinski definition) is 4. The number of rotatable bonds is 9. The molecular weight excluding hydrogens is 359 g/mol. The van der Waals surface area contributed by atoms with E-state index in [1.807, 2.05) is 49.3 Å². The molecule has 152 valence electrons. The number of nitrogens with one attached hydrogen (secondary N) is 2. The molecule has 0 aliphatic heterocycles. The Hall–Kier alpha value is -2.80. The fourth-order valence-corrected chi connectivity index (χ4v) is 2.62. The van der Waals surface area contributed by atoms with Crippen LogP contribution in [-0.4, -0.2) is 52.3 Å². The minimum atomic E-state index is -0.185. The molecule has 0 aliphatic carbocycles. The maximum atomic E-state index is 13.9. The molecule has 2 aromatic rings. The number of ether oxygens (including phenoxy) is 2. The highest BCUT2D eigenvalue weighted by atomic mass is 19.1. The lowest BCUT2D eigenvalue weighted by atomic mass is 10.1. The van der Waals surface area contributed by atoms with Gasteiger partial charge in [-0.15, -0.1) is 0 Å². The normalized spacial score (nSPS) is 11.4. The summed E-state index contributed by atoms with van der Waals surface area (Å²) in [6.07, 6.45) is 0. The average Bonchev–Trinajstić information content (AvgIpc) is 2.69. The van der Waals surface area contributed by atoms with Crippen molar-refractivity contribution in [2.24, 2.45) is 4.99 Å². The van der Waals surface area contributed by atoms with Crippen molar-refractivity contribution in [2.75, 3.05) is 41.4 Å². The molecule has 0 fully saturated rings. The van der Waals surface area contributed by atoms with Crippen LogP contribution in [0.4, 0.5) is 4.39 Å². The summed E-state index contributed by atoms with van der Waals surface area (Å²) in [4.78, 5) is 6.14. The van der Waals surface area contributed by atoms with Gasteiger partial charge in [-0.3, -0.25) is 4.99 Å². The van der Waals surface area contributed by atoms with E-state index in [-0.39, 0.29) is 5.82 Å². The fraction of sp³-hybridized carbons (Fsp3) is 0.381. The third-order valence-corrected chi connectivity index (χ3v) is 4.00. The highest BCUT2D eigenvalue weighted by molar-refractivity contribution is 5.79. The van der Waals surface area contributed by atoms with Crippen molar-refractivity contribution < 1.29 is 13.9 Å². The second-order valence-electron chi connectivity index (χ2n) is 6.54. The Morgan fingerprint density at radius 1 is 1.07 bits per heavy atom. The van der Waals surface area contributed by atoms with Gasteiger partial charge in [0, 0.05) is 25.7 Å². The molecule has 0 amide bonds. The molecule has 0 atom stereocenters. The lowest BCUT2D eigenvalue weighted by Crippen LogP contribution is -2.38. The molecule has 6 nitrogen and oxygen atoms in total. The minimum absolute atomic E-state index is 0.185. The Bertz CT molecular complexity index is 764. The molecule has 0 unspecified atom stereocenters. The molecular formula is C21H29FN4O2. The maximum absolute atomic E-state index is 13.9. The smallest absolute Gasteiger partial charge is 0.191 e. The summed E-state index contributed by atoms with van der Waals surface area (Å²) in [6.45, 7) is 2.21. The van der Waals surface area contributed by atoms with Gasteiger partial charge in [0.2, 0.25) is 0 Å². The third-order valence-electron chi connectivity index (χ3n) is 4.00. The van der Waals surface area contributed by atoms with Crippen LogP contribution < -0.4 is 20.1 Å². The quantitative estimate of drug-likeness (QED) is 0.393. The van der Waals surface area contributed by atoms with Gasteiger partial charge in [0.1, 0.15) is 23.9 Å². The van der Waals surface area contributed by atoms with Crippen LogP contribution in [0.15, 0.2) is 47.5 Å². The molecule has 0 spiro atoms. The molecule has 7 heteroatoms. The van der Waals surface area contributed by atoms with Crippen molar-refractivity contribution in [3.05, 3.63) is 59.4 Å². The molecule has 0 heterocycles. The number of nitrogens with zero attached hydrogens (tertiary/aromatic N) is 2. The number of guanidine groups is 1. The Balaban J connectivity index is 1.76. The van der Waals surface area contributed by atoms with Crippen LogP contribution >= 0.6 is 0 Å². The zero-order valence-corrected chi connectivity index (χ0v) is 17.0. The molecule has 0 aliphatic rings. The van der Waals surface area contributed by atoms with Crippen molar-refractivity contribution in [1.29, 1.82) is 0 Å². The standard InChI is InChI=1S/C21H29FN4O2/c1-23-21(24-11-12-28-19-8-6-18(27-4)7-9-19)25-14-16-5-10-20(22)17(13-16)15-26(2)3/h5-10,13H,11-12,14-15H2,1-4H3,(H2,23,24,25). The van der Waals surface area contributed by atoms with Crippen LogP contribution in [0, 0.1) is 5.82 Å². The van der Waals surface area contributed by atoms with Crippen LogP contribution in [0.2, 0.25) is 0 Å². The van der Waals surface area contributed by atoms with Gasteiger partial charge in [-0.25, -0.2) is 4.39 Å². The lowest BCUT2D eigenvalue weighted by Gasteiger charge is -2.14. The summed E-state index contributed by atoms with van der Waals surface area (Å²) in [7, 11) is 7.18. The first-order chi connectivity index (χ1) is 13.5. The number of hydrogen-bond donors (Lipinski definition) is 2. The number of benzene rings is 2. The largest absolute Gasteiger partial charge is 0.497 e. The number of aliphatic imine (C=N–C) groups is 1. The number of methoxy groups -OCH3 is 1. The van der Waals surface area contributed by atoms with E-state index in [4.69, 9.17) is 9.47 Å². The van der Waals surface area contributed by atoms with Crippen molar-refractivity contribution in [3.63, 3.8) is 0 Å². The van der Waals surface area contributed by atoms with E-state index in [0.717, 1.165) is 17.1 Å². The summed E-state index contributed by atoms with van der Waals surface area (Å²) >= 11 is 0. The van der Waals surface area contributed by atoms with Crippen molar-refractivity contribution in [3.8, 4) is 11.5 Å². The van der Waals surface area contributed by atoms with Gasteiger partial charge in [0.05, 0.1) is 13.7 Å². The predicted molar refractivity (Wildman–Crippen MR) is 110 cm³/mol. The van der Waals surface area contributed by atoms with Crippen LogP contribution in [0.25, 0.3) is 0 Å². The van der Waals surface area contributed by atoms with E-state index in [1.165, 1.54) is 6.07 Å². The SMILES string of the molecule is CN=C(NCCOc1ccc(OC)cc1)NCc1ccc(F)c(CN(C)C)c1. The monoisotopic (exact) mass is 388 g/mol. The van der Waals surface area contributed by atoms with E-state index in [9.17, 15) is 4.39 Å². The third kappa shape index (κ3) is 7.08. The Morgan fingerprint density at radius 2 is 1.79 bits per heavy atom. The first-order valence-corrected chi connectivity index (χ1v) is 9.15. The maximum Gasteiger partial charge on any atom is 0.191 e. The molecule has 2 N–H and O–H groups in total. The topological polar surface area (TPSA) is 58.1 Å². The first kappa shape index (κ1) is 21.5. The van der Waals surface area contributed by atoms with Crippen LogP contribution in [0.1, 0.15) is 11.1 Å². The predicted octanol–water partition coefficient (Wildman–Crippen LogP) is 2.64. The molecule has 0 bridgehead atoms. The van der Waals surface area contributed by atoms with E-state index in [2.05, 4.69) is 15.6 Å². The van der Waals surface area contributed by atoms with Gasteiger partial charge in [0.15, 0.2) is 5.96 Å². The fourth-order valence-electron chi connectivity index (χ4n) is 2.62. The Labute approximate surface area is 166 Å². The van der Waals surface area contributed by atoms with Gasteiger partial charge < -0.3 is 25.0 Å². The summed E-state index contributed by atoms with van der Waals surface area (Å²) in [5.74, 6) is 2.06. The second kappa shape index (κ2) is 11.1. The van der Waals surface area contributed by atoms with Gasteiger partial charge in [0.25, 0.3) is 0 Å². The van der Waals surface area contributed by atoms with Crippen LogP contribution in [0.5, 0.6) is 11.5 Å². The van der Waals surface area contributed by atoms with Gasteiger partial charge in [-0.1, -0.05) is 6.07 Å². The van der Waals surface area contributed by atoms with Gasteiger partial charge in [-0.05, 0) is 56.1 Å². The van der Waals surface area contributed by atoms with Gasteiger partial charge in [-0.2, -0.15) is 0 Å². The summed E-state index contributed by atoms with van der Waals surface area (Å²) < 4.78 is 24.7. The Morgan fingerprint density at radius 3 is 2.43 bits per heavy atom. The molecule has 2 aromatic carbocycles. The highest BCUT2D eigenvalue weighted by Gasteiger charge is 2.06. The highest BCUT2D eigenvalue weighted by Crippen LogP contribution is 2.16.